The van der Waals surface area contributed by atoms with Crippen LogP contribution in [-0.4, -0.2) is 47.3 Å². The number of amidine groups is 2. The molecule has 0 bridgehead atoms. The molecule has 2 aromatic carbocycles. The molecule has 0 unspecified atom stereocenters. The molecule has 2 aliphatic rings. The van der Waals surface area contributed by atoms with E-state index in [1.54, 1.807) is 25.3 Å². The number of hydrogen-bond donors (Lipinski definition) is 1. The minimum Gasteiger partial charge on any atom is -0.493 e. The quantitative estimate of drug-likeness (QED) is 0.524. The number of carbonyl (C=O) groups excluding carboxylic acids is 1. The maximum atomic E-state index is 12.3. The van der Waals surface area contributed by atoms with Crippen LogP contribution >= 0.6 is 11.8 Å². The number of fused-ring (bicyclic) bond motifs is 1. The summed E-state index contributed by atoms with van der Waals surface area (Å²) in [6, 6.07) is 14.7. The van der Waals surface area contributed by atoms with Crippen molar-refractivity contribution in [1.82, 2.24) is 5.01 Å². The number of rotatable bonds is 7. The molecule has 0 fully saturated rings. The number of nitrogens with zero attached hydrogens (tertiary/aromatic N) is 3. The molecule has 0 saturated heterocycles. The van der Waals surface area contributed by atoms with Crippen molar-refractivity contribution in [2.24, 2.45) is 10.1 Å². The zero-order valence-electron chi connectivity index (χ0n) is 17.0. The van der Waals surface area contributed by atoms with E-state index >= 15 is 0 Å². The number of para-hydroxylation sites is 2. The second kappa shape index (κ2) is 9.05. The molecule has 0 atom stereocenters. The number of benzene rings is 2. The van der Waals surface area contributed by atoms with Crippen LogP contribution in [0.15, 0.2) is 64.2 Å². The summed E-state index contributed by atoms with van der Waals surface area (Å²) in [6.45, 7) is 2.54. The second-order valence-electron chi connectivity index (χ2n) is 6.56. The normalized spacial score (nSPS) is 16.7. The van der Waals surface area contributed by atoms with Crippen molar-refractivity contribution in [2.75, 3.05) is 20.3 Å². The molecule has 0 spiro atoms. The minimum atomic E-state index is -0.442. The average molecular weight is 436 g/mol. The molecule has 0 aromatic heterocycles. The highest BCUT2D eigenvalue weighted by Crippen LogP contribution is 2.28. The number of ether oxygens (including phenoxy) is 3. The lowest BCUT2D eigenvalue weighted by Crippen LogP contribution is -2.35. The summed E-state index contributed by atoms with van der Waals surface area (Å²) in [4.78, 5) is 16.4. The van der Waals surface area contributed by atoms with Crippen molar-refractivity contribution >= 4 is 39.8 Å². The van der Waals surface area contributed by atoms with Crippen molar-refractivity contribution < 1.29 is 19.0 Å². The molecular weight excluding hydrogens is 416 g/mol. The first kappa shape index (κ1) is 20.7. The zero-order valence-corrected chi connectivity index (χ0v) is 17.8. The lowest BCUT2D eigenvalue weighted by atomic mass is 10.1. The molecule has 1 N–H and O–H groups in total. The van der Waals surface area contributed by atoms with Crippen LogP contribution in [0.25, 0.3) is 6.08 Å². The van der Waals surface area contributed by atoms with Gasteiger partial charge in [-0.25, -0.2) is 0 Å². The Morgan fingerprint density at radius 3 is 2.52 bits per heavy atom. The third kappa shape index (κ3) is 4.61. The van der Waals surface area contributed by atoms with Gasteiger partial charge in [0.2, 0.25) is 5.17 Å². The number of aliphatic imine (C=N–C) groups is 1. The Balaban J connectivity index is 1.35. The van der Waals surface area contributed by atoms with E-state index in [2.05, 4.69) is 10.1 Å². The van der Waals surface area contributed by atoms with Gasteiger partial charge in [-0.3, -0.25) is 10.2 Å². The number of carbonyl (C=O) groups is 1. The van der Waals surface area contributed by atoms with Gasteiger partial charge in [0.1, 0.15) is 19.0 Å². The molecule has 9 heteroatoms. The lowest BCUT2D eigenvalue weighted by Gasteiger charge is -2.20. The fraction of sp³-hybridized carbons (Fsp3) is 0.182. The standard InChI is InChI=1S/C22H20N4O4S/c1-14-25-26-20(23)17(21(27)24-22(26)31-14)13-15-7-9-16(10-8-15)29-11-12-30-19-6-4-3-5-18(19)28-2/h3-10,13,23H,11-12H2,1-2H3/b17-13+,23-20?. The molecule has 158 valence electrons. The first-order valence-electron chi connectivity index (χ1n) is 9.50. The van der Waals surface area contributed by atoms with Gasteiger partial charge in [0.05, 0.1) is 17.7 Å². The summed E-state index contributed by atoms with van der Waals surface area (Å²) < 4.78 is 16.7. The van der Waals surface area contributed by atoms with Gasteiger partial charge in [-0.05, 0) is 54.6 Å². The molecule has 31 heavy (non-hydrogen) atoms. The third-order valence-electron chi connectivity index (χ3n) is 4.43. The van der Waals surface area contributed by atoms with Gasteiger partial charge in [-0.2, -0.15) is 15.1 Å². The van der Waals surface area contributed by atoms with Gasteiger partial charge in [0.15, 0.2) is 17.3 Å². The van der Waals surface area contributed by atoms with Gasteiger partial charge in [-0.15, -0.1) is 0 Å². The topological polar surface area (TPSA) is 96.6 Å². The number of thioether (sulfide) groups is 1. The number of hydrogen-bond acceptors (Lipinski definition) is 7. The van der Waals surface area contributed by atoms with E-state index in [0.717, 1.165) is 10.6 Å². The van der Waals surface area contributed by atoms with Crippen LogP contribution in [0.5, 0.6) is 17.2 Å². The van der Waals surface area contributed by atoms with Crippen LogP contribution < -0.4 is 14.2 Å². The lowest BCUT2D eigenvalue weighted by molar-refractivity contribution is -0.114. The average Bonchev–Trinajstić information content (AvgIpc) is 3.15. The predicted octanol–water partition coefficient (Wildman–Crippen LogP) is 3.79. The number of hydrazone groups is 1. The van der Waals surface area contributed by atoms with Crippen molar-refractivity contribution in [2.45, 2.75) is 6.92 Å². The van der Waals surface area contributed by atoms with Crippen LogP contribution in [-0.2, 0) is 4.79 Å². The highest BCUT2D eigenvalue weighted by molar-refractivity contribution is 8.26. The summed E-state index contributed by atoms with van der Waals surface area (Å²) in [5.74, 6) is 1.59. The van der Waals surface area contributed by atoms with Crippen molar-refractivity contribution in [1.29, 1.82) is 5.41 Å². The second-order valence-corrected chi connectivity index (χ2v) is 7.72. The Morgan fingerprint density at radius 2 is 1.77 bits per heavy atom. The molecule has 2 aliphatic heterocycles. The van der Waals surface area contributed by atoms with Crippen LogP contribution in [0.4, 0.5) is 0 Å². The number of amides is 1. The largest absolute Gasteiger partial charge is 0.493 e. The van der Waals surface area contributed by atoms with E-state index in [9.17, 15) is 4.79 Å². The molecule has 0 saturated carbocycles. The van der Waals surface area contributed by atoms with E-state index in [-0.39, 0.29) is 11.4 Å². The molecule has 4 rings (SSSR count). The van der Waals surface area contributed by atoms with Gasteiger partial charge in [0, 0.05) is 0 Å². The summed E-state index contributed by atoms with van der Waals surface area (Å²) in [5.41, 5.74) is 0.957. The smallest absolute Gasteiger partial charge is 0.283 e. The third-order valence-corrected chi connectivity index (χ3v) is 5.25. The predicted molar refractivity (Wildman–Crippen MR) is 121 cm³/mol. The highest BCUT2D eigenvalue weighted by atomic mass is 32.2. The van der Waals surface area contributed by atoms with Crippen molar-refractivity contribution in [3.8, 4) is 17.2 Å². The summed E-state index contributed by atoms with van der Waals surface area (Å²) in [6.07, 6.45) is 1.63. The molecule has 2 heterocycles. The highest BCUT2D eigenvalue weighted by Gasteiger charge is 2.34. The molecule has 2 aromatic rings. The van der Waals surface area contributed by atoms with E-state index in [0.29, 0.717) is 35.6 Å². The first-order chi connectivity index (χ1) is 15.0. The Hall–Kier alpha value is -3.59. The number of methoxy groups -OCH3 is 1. The fourth-order valence-corrected chi connectivity index (χ4v) is 3.70. The number of nitrogens with one attached hydrogen (secondary N) is 1. The van der Waals surface area contributed by atoms with Crippen molar-refractivity contribution in [3.63, 3.8) is 0 Å². The Kier molecular flexibility index (Phi) is 6.03. The van der Waals surface area contributed by atoms with Crippen molar-refractivity contribution in [3.05, 3.63) is 59.7 Å². The maximum absolute atomic E-state index is 12.3. The van der Waals surface area contributed by atoms with Crippen LogP contribution in [0.1, 0.15) is 12.5 Å². The molecule has 0 aliphatic carbocycles. The van der Waals surface area contributed by atoms with Gasteiger partial charge in [0.25, 0.3) is 5.91 Å². The van der Waals surface area contributed by atoms with Gasteiger partial charge < -0.3 is 14.2 Å². The van der Waals surface area contributed by atoms with Gasteiger partial charge >= 0.3 is 0 Å². The summed E-state index contributed by atoms with van der Waals surface area (Å²) >= 11 is 1.28. The van der Waals surface area contributed by atoms with E-state index < -0.39 is 5.91 Å². The van der Waals surface area contributed by atoms with E-state index in [4.69, 9.17) is 19.6 Å². The van der Waals surface area contributed by atoms with Crippen LogP contribution in [0.2, 0.25) is 0 Å². The fourth-order valence-electron chi connectivity index (χ4n) is 2.96. The monoisotopic (exact) mass is 436 g/mol. The van der Waals surface area contributed by atoms with Crippen LogP contribution in [0.3, 0.4) is 0 Å². The van der Waals surface area contributed by atoms with E-state index in [1.807, 2.05) is 43.3 Å². The maximum Gasteiger partial charge on any atom is 0.283 e. The Morgan fingerprint density at radius 1 is 1.06 bits per heavy atom. The summed E-state index contributed by atoms with van der Waals surface area (Å²) in [5, 5.41) is 15.1. The van der Waals surface area contributed by atoms with Crippen LogP contribution in [0, 0.1) is 5.41 Å². The Bertz CT molecular complexity index is 1110. The molecular formula is C22H20N4O4S. The molecule has 1 amide bonds. The summed E-state index contributed by atoms with van der Waals surface area (Å²) in [7, 11) is 1.60. The molecule has 0 radical (unpaired) electrons. The SMILES string of the molecule is COc1ccccc1OCCOc1ccc(/C=C2\C(=N)N3N=C(C)SC3=NC2=O)cc1. The minimum absolute atomic E-state index is 0.0214. The zero-order chi connectivity index (χ0) is 21.8. The molecule has 8 nitrogen and oxygen atoms in total. The Labute approximate surface area is 183 Å². The van der Waals surface area contributed by atoms with E-state index in [1.165, 1.54) is 16.8 Å². The first-order valence-corrected chi connectivity index (χ1v) is 10.3. The van der Waals surface area contributed by atoms with Gasteiger partial charge in [-0.1, -0.05) is 24.3 Å².